The maximum Gasteiger partial charge on any atom is 0.407 e. The van der Waals surface area contributed by atoms with Gasteiger partial charge in [0, 0.05) is 31.5 Å². The summed E-state index contributed by atoms with van der Waals surface area (Å²) < 4.78 is 5.61. The molecule has 0 bridgehead atoms. The van der Waals surface area contributed by atoms with E-state index in [2.05, 4.69) is 29.6 Å². The van der Waals surface area contributed by atoms with Crippen molar-refractivity contribution in [2.45, 2.75) is 44.6 Å². The van der Waals surface area contributed by atoms with Crippen LogP contribution in [0.1, 0.15) is 49.7 Å². The average molecular weight is 477 g/mol. The molecule has 1 heterocycles. The fraction of sp³-hybridized carbons (Fsp3) is 0.464. The zero-order chi connectivity index (χ0) is 24.5. The molecule has 0 radical (unpaired) electrons. The number of hydrogen-bond donors (Lipinski definition) is 2. The summed E-state index contributed by atoms with van der Waals surface area (Å²) >= 11 is 0. The van der Waals surface area contributed by atoms with E-state index in [0.29, 0.717) is 32.4 Å². The fourth-order valence-electron chi connectivity index (χ4n) is 5.96. The quantitative estimate of drug-likeness (QED) is 0.593. The van der Waals surface area contributed by atoms with Gasteiger partial charge in [-0.05, 0) is 60.3 Å². The molecular formula is C28H32N2O5. The third-order valence-electron chi connectivity index (χ3n) is 7.87. The van der Waals surface area contributed by atoms with Crippen LogP contribution < -0.4 is 5.32 Å². The van der Waals surface area contributed by atoms with E-state index in [-0.39, 0.29) is 42.2 Å². The van der Waals surface area contributed by atoms with Crippen LogP contribution in [0.15, 0.2) is 48.5 Å². The van der Waals surface area contributed by atoms with Gasteiger partial charge in [-0.25, -0.2) is 4.79 Å². The normalized spacial score (nSPS) is 23.0. The smallest absolute Gasteiger partial charge is 0.407 e. The van der Waals surface area contributed by atoms with E-state index in [1.807, 2.05) is 36.1 Å². The van der Waals surface area contributed by atoms with Crippen LogP contribution in [0.4, 0.5) is 4.79 Å². The number of carbonyl (C=O) groups excluding carboxylic acids is 2. The first kappa shape index (κ1) is 23.4. The van der Waals surface area contributed by atoms with Crippen molar-refractivity contribution in [2.75, 3.05) is 19.7 Å². The van der Waals surface area contributed by atoms with Gasteiger partial charge in [0.05, 0.1) is 5.92 Å². The van der Waals surface area contributed by atoms with Crippen LogP contribution in [0.3, 0.4) is 0 Å². The Balaban J connectivity index is 1.04. The Bertz CT molecular complexity index is 1090. The second-order valence-electron chi connectivity index (χ2n) is 10.1. The van der Waals surface area contributed by atoms with Gasteiger partial charge in [0.25, 0.3) is 0 Å². The Labute approximate surface area is 205 Å². The van der Waals surface area contributed by atoms with Crippen molar-refractivity contribution in [1.29, 1.82) is 0 Å². The van der Waals surface area contributed by atoms with Gasteiger partial charge in [-0.3, -0.25) is 9.59 Å². The van der Waals surface area contributed by atoms with Gasteiger partial charge < -0.3 is 20.1 Å². The Hall–Kier alpha value is -3.35. The van der Waals surface area contributed by atoms with Crippen LogP contribution >= 0.6 is 0 Å². The van der Waals surface area contributed by atoms with Gasteiger partial charge >= 0.3 is 12.1 Å². The highest BCUT2D eigenvalue weighted by molar-refractivity contribution is 5.79. The highest BCUT2D eigenvalue weighted by Crippen LogP contribution is 2.51. The summed E-state index contributed by atoms with van der Waals surface area (Å²) in [6.07, 6.45) is 2.09. The van der Waals surface area contributed by atoms with Crippen molar-refractivity contribution in [3.63, 3.8) is 0 Å². The molecule has 0 aromatic heterocycles. The number of ether oxygens (including phenoxy) is 1. The molecule has 3 aliphatic rings. The molecule has 2 amide bonds. The first-order valence-electron chi connectivity index (χ1n) is 12.6. The number of nitrogens with zero attached hydrogens (tertiary/aromatic N) is 1. The molecule has 7 nitrogen and oxygen atoms in total. The molecule has 7 heteroatoms. The van der Waals surface area contributed by atoms with Crippen LogP contribution in [0.2, 0.25) is 0 Å². The first-order valence-corrected chi connectivity index (χ1v) is 12.6. The van der Waals surface area contributed by atoms with E-state index < -0.39 is 12.1 Å². The third kappa shape index (κ3) is 4.77. The van der Waals surface area contributed by atoms with Crippen molar-refractivity contribution in [2.24, 2.45) is 17.8 Å². The predicted molar refractivity (Wildman–Crippen MR) is 131 cm³/mol. The molecule has 1 saturated carbocycles. The number of piperidine rings is 1. The number of carbonyl (C=O) groups is 3. The molecule has 184 valence electrons. The minimum atomic E-state index is -0.734. The Morgan fingerprint density at radius 1 is 1.06 bits per heavy atom. The number of hydrogen-bond acceptors (Lipinski definition) is 4. The second-order valence-corrected chi connectivity index (χ2v) is 10.1. The minimum Gasteiger partial charge on any atom is -0.481 e. The third-order valence-corrected chi connectivity index (χ3v) is 7.87. The number of alkyl carbamates (subject to hydrolysis) is 1. The molecule has 2 aromatic rings. The lowest BCUT2D eigenvalue weighted by atomic mass is 9.98. The van der Waals surface area contributed by atoms with Gasteiger partial charge in [-0.1, -0.05) is 48.5 Å². The van der Waals surface area contributed by atoms with E-state index in [1.54, 1.807) is 0 Å². The van der Waals surface area contributed by atoms with Gasteiger partial charge in [-0.15, -0.1) is 0 Å². The number of carboxylic acid groups (broad SMARTS) is 1. The van der Waals surface area contributed by atoms with Gasteiger partial charge in [0.1, 0.15) is 6.61 Å². The molecule has 2 aromatic carbocycles. The predicted octanol–water partition coefficient (Wildman–Crippen LogP) is 4.26. The van der Waals surface area contributed by atoms with Crippen LogP contribution in [0.5, 0.6) is 0 Å². The molecule has 4 atom stereocenters. The number of aliphatic carboxylic acids is 1. The summed E-state index contributed by atoms with van der Waals surface area (Å²) in [6.45, 7) is 3.41. The highest BCUT2D eigenvalue weighted by atomic mass is 16.5. The molecular weight excluding hydrogens is 444 g/mol. The summed E-state index contributed by atoms with van der Waals surface area (Å²) in [4.78, 5) is 38.0. The average Bonchev–Trinajstić information content (AvgIpc) is 3.50. The molecule has 2 aliphatic carbocycles. The van der Waals surface area contributed by atoms with Crippen molar-refractivity contribution in [1.82, 2.24) is 10.2 Å². The van der Waals surface area contributed by atoms with E-state index in [4.69, 9.17) is 4.74 Å². The molecule has 35 heavy (non-hydrogen) atoms. The monoisotopic (exact) mass is 476 g/mol. The lowest BCUT2D eigenvalue weighted by Gasteiger charge is -2.26. The molecule has 2 fully saturated rings. The van der Waals surface area contributed by atoms with Crippen LogP contribution in [-0.4, -0.2) is 53.7 Å². The summed E-state index contributed by atoms with van der Waals surface area (Å²) in [6, 6.07) is 16.4. The van der Waals surface area contributed by atoms with Crippen molar-refractivity contribution in [3.05, 3.63) is 59.7 Å². The molecule has 2 N–H and O–H groups in total. The number of amides is 2. The standard InChI is InChI=1S/C28H32N2O5/c1-17(7-6-12-25(31)30-14-13-22-23(15-30)26(22)27(32)33)29-28(34)35-16-24-20-10-4-2-8-18(20)19-9-3-5-11-21(19)24/h2-5,8-11,17,22-24,26H,6-7,12-16H2,1H3,(H,29,34)(H,32,33). The SMILES string of the molecule is CC(CCCC(=O)N1CCC2C(C1)C2C(=O)O)NC(=O)OCC1c2ccccc2-c2ccccc21. The van der Waals surface area contributed by atoms with Gasteiger partial charge in [0.2, 0.25) is 5.91 Å². The molecule has 1 aliphatic heterocycles. The van der Waals surface area contributed by atoms with Gasteiger partial charge in [-0.2, -0.15) is 0 Å². The Kier molecular flexibility index (Phi) is 6.50. The van der Waals surface area contributed by atoms with Crippen molar-refractivity contribution >= 4 is 18.0 Å². The number of nitrogens with one attached hydrogen (secondary N) is 1. The number of rotatable bonds is 8. The molecule has 0 spiro atoms. The number of benzene rings is 2. The zero-order valence-corrected chi connectivity index (χ0v) is 20.0. The lowest BCUT2D eigenvalue weighted by molar-refractivity contribution is -0.139. The molecule has 5 rings (SSSR count). The summed E-state index contributed by atoms with van der Waals surface area (Å²) in [5.41, 5.74) is 4.75. The largest absolute Gasteiger partial charge is 0.481 e. The minimum absolute atomic E-state index is 0.0254. The van der Waals surface area contributed by atoms with E-state index in [0.717, 1.165) is 6.42 Å². The summed E-state index contributed by atoms with van der Waals surface area (Å²) in [5, 5.41) is 12.1. The van der Waals surface area contributed by atoms with E-state index >= 15 is 0 Å². The Morgan fingerprint density at radius 2 is 1.71 bits per heavy atom. The number of fused-ring (bicyclic) bond motifs is 4. The first-order chi connectivity index (χ1) is 16.9. The van der Waals surface area contributed by atoms with Crippen molar-refractivity contribution < 1.29 is 24.2 Å². The van der Waals surface area contributed by atoms with Crippen LogP contribution in [-0.2, 0) is 14.3 Å². The van der Waals surface area contributed by atoms with Crippen LogP contribution in [0.25, 0.3) is 11.1 Å². The maximum absolute atomic E-state index is 12.6. The summed E-state index contributed by atoms with van der Waals surface area (Å²) in [5.74, 6) is -0.528. The zero-order valence-electron chi connectivity index (χ0n) is 20.0. The second kappa shape index (κ2) is 9.72. The van der Waals surface area contributed by atoms with E-state index in [9.17, 15) is 19.5 Å². The lowest BCUT2D eigenvalue weighted by Crippen LogP contribution is -2.37. The highest BCUT2D eigenvalue weighted by Gasteiger charge is 2.57. The topological polar surface area (TPSA) is 95.9 Å². The Morgan fingerprint density at radius 3 is 2.37 bits per heavy atom. The summed E-state index contributed by atoms with van der Waals surface area (Å²) in [7, 11) is 0. The van der Waals surface area contributed by atoms with Gasteiger partial charge in [0.15, 0.2) is 0 Å². The molecule has 4 unspecified atom stereocenters. The van der Waals surface area contributed by atoms with Crippen LogP contribution in [0, 0.1) is 17.8 Å². The van der Waals surface area contributed by atoms with Crippen molar-refractivity contribution in [3.8, 4) is 11.1 Å². The molecule has 1 saturated heterocycles. The van der Waals surface area contributed by atoms with E-state index in [1.165, 1.54) is 22.3 Å². The fourth-order valence-corrected chi connectivity index (χ4v) is 5.96. The maximum atomic E-state index is 12.6. The number of likely N-dealkylation sites (tertiary alicyclic amines) is 1. The number of carboxylic acids is 1.